The van der Waals surface area contributed by atoms with Crippen molar-refractivity contribution in [2.75, 3.05) is 80.3 Å². The van der Waals surface area contributed by atoms with Crippen LogP contribution in [-0.4, -0.2) is 121 Å². The fourth-order valence-electron chi connectivity index (χ4n) is 6.23. The minimum Gasteiger partial charge on any atom is -0.491 e. The maximum atomic E-state index is 14.1. The second-order valence-electron chi connectivity index (χ2n) is 13.1. The maximum absolute atomic E-state index is 14.1. The zero-order valence-corrected chi connectivity index (χ0v) is 31.4. The lowest BCUT2D eigenvalue weighted by Crippen LogP contribution is -2.47. The predicted molar refractivity (Wildman–Crippen MR) is 201 cm³/mol. The Labute approximate surface area is 318 Å². The van der Waals surface area contributed by atoms with Gasteiger partial charge < -0.3 is 54.0 Å². The van der Waals surface area contributed by atoms with Gasteiger partial charge in [-0.25, -0.2) is 4.79 Å². The standard InChI is InChI=1S/C41H56N2O11/c1-48-16-18-50-19-20-51-21-22-52-23-25-54-41(47)42-36(27-30-8-4-3-5-9-30)37(44)29-33(26-31-12-14-34(15-13-31)53-24-17-49-2)40(46)43-39-35-11-7-6-10-32(35)28-38(39)45/h3-15,33,36-39,44-45H,16-29H2,1-2H3,(H,42,47)(H,43,46). The van der Waals surface area contributed by atoms with Gasteiger partial charge in [-0.2, -0.15) is 0 Å². The third-order valence-electron chi connectivity index (χ3n) is 9.06. The molecule has 4 rings (SSSR count). The van der Waals surface area contributed by atoms with Crippen LogP contribution in [0.2, 0.25) is 0 Å². The van der Waals surface area contributed by atoms with E-state index in [0.717, 1.165) is 22.3 Å². The van der Waals surface area contributed by atoms with Crippen LogP contribution < -0.4 is 15.4 Å². The van der Waals surface area contributed by atoms with Crippen LogP contribution in [0.3, 0.4) is 0 Å². The first-order valence-electron chi connectivity index (χ1n) is 18.5. The molecule has 0 spiro atoms. The van der Waals surface area contributed by atoms with Gasteiger partial charge in [0.25, 0.3) is 0 Å². The fraction of sp³-hybridized carbons (Fsp3) is 0.512. The minimum atomic E-state index is -1.13. The number of alkyl carbamates (subject to hydrolysis) is 1. The lowest BCUT2D eigenvalue weighted by molar-refractivity contribution is -0.127. The molecular weight excluding hydrogens is 696 g/mol. The largest absolute Gasteiger partial charge is 0.491 e. The summed E-state index contributed by atoms with van der Waals surface area (Å²) in [4.78, 5) is 27.0. The Hall–Kier alpha value is -4.08. The van der Waals surface area contributed by atoms with Crippen molar-refractivity contribution < 1.29 is 53.0 Å². The van der Waals surface area contributed by atoms with Gasteiger partial charge in [-0.1, -0.05) is 66.7 Å². The lowest BCUT2D eigenvalue weighted by Gasteiger charge is -2.28. The SMILES string of the molecule is COCCOCCOCCOCCOC(=O)NC(Cc1ccccc1)C(O)CC(Cc1ccc(OCCOC)cc1)C(=O)NC1c2ccccc2CC1O. The smallest absolute Gasteiger partial charge is 0.407 e. The van der Waals surface area contributed by atoms with Crippen molar-refractivity contribution in [3.8, 4) is 5.75 Å². The molecule has 13 heteroatoms. The van der Waals surface area contributed by atoms with E-state index in [1.165, 1.54) is 0 Å². The fourth-order valence-corrected chi connectivity index (χ4v) is 6.23. The Kier molecular flexibility index (Phi) is 19.2. The van der Waals surface area contributed by atoms with E-state index in [2.05, 4.69) is 10.6 Å². The summed E-state index contributed by atoms with van der Waals surface area (Å²) in [7, 11) is 3.22. The molecule has 0 bridgehead atoms. The molecule has 3 aromatic carbocycles. The average Bonchev–Trinajstić information content (AvgIpc) is 3.49. The van der Waals surface area contributed by atoms with Gasteiger partial charge in [-0.05, 0) is 53.6 Å². The van der Waals surface area contributed by atoms with E-state index >= 15 is 0 Å². The molecule has 1 aliphatic rings. The maximum Gasteiger partial charge on any atom is 0.407 e. The Bertz CT molecular complexity index is 1490. The van der Waals surface area contributed by atoms with Crippen LogP contribution in [0.1, 0.15) is 34.7 Å². The summed E-state index contributed by atoms with van der Waals surface area (Å²) in [6.07, 6.45) is -1.54. The number of amides is 2. The number of methoxy groups -OCH3 is 2. The molecule has 1 aliphatic carbocycles. The summed E-state index contributed by atoms with van der Waals surface area (Å²) in [6.45, 7) is 3.68. The molecule has 0 saturated heterocycles. The number of carbonyl (C=O) groups is 2. The lowest BCUT2D eigenvalue weighted by atomic mass is 9.88. The van der Waals surface area contributed by atoms with Crippen molar-refractivity contribution in [3.05, 3.63) is 101 Å². The van der Waals surface area contributed by atoms with Crippen LogP contribution in [0.15, 0.2) is 78.9 Å². The molecule has 0 aliphatic heterocycles. The highest BCUT2D eigenvalue weighted by atomic mass is 16.6. The van der Waals surface area contributed by atoms with E-state index < -0.39 is 36.3 Å². The second-order valence-corrected chi connectivity index (χ2v) is 13.1. The number of carbonyl (C=O) groups excluding carboxylic acids is 2. The number of benzene rings is 3. The third-order valence-corrected chi connectivity index (χ3v) is 9.06. The minimum absolute atomic E-state index is 0.00150. The average molecular weight is 753 g/mol. The van der Waals surface area contributed by atoms with Gasteiger partial charge in [0.15, 0.2) is 0 Å². The summed E-state index contributed by atoms with van der Waals surface area (Å²) >= 11 is 0. The van der Waals surface area contributed by atoms with Crippen LogP contribution >= 0.6 is 0 Å². The zero-order valence-electron chi connectivity index (χ0n) is 31.4. The number of hydrogen-bond donors (Lipinski definition) is 4. The Morgan fingerprint density at radius 2 is 1.31 bits per heavy atom. The van der Waals surface area contributed by atoms with Crippen molar-refractivity contribution in [1.29, 1.82) is 0 Å². The number of aliphatic hydroxyl groups is 2. The Morgan fingerprint density at radius 1 is 0.722 bits per heavy atom. The third kappa shape index (κ3) is 15.0. The van der Waals surface area contributed by atoms with Gasteiger partial charge in [0, 0.05) is 26.6 Å². The van der Waals surface area contributed by atoms with E-state index in [9.17, 15) is 19.8 Å². The van der Waals surface area contributed by atoms with Gasteiger partial charge in [0.2, 0.25) is 5.91 Å². The van der Waals surface area contributed by atoms with E-state index in [1.54, 1.807) is 14.2 Å². The van der Waals surface area contributed by atoms with Crippen LogP contribution in [-0.2, 0) is 52.5 Å². The van der Waals surface area contributed by atoms with Crippen molar-refractivity contribution in [1.82, 2.24) is 10.6 Å². The number of hydrogen-bond acceptors (Lipinski definition) is 11. The molecule has 3 aromatic rings. The van der Waals surface area contributed by atoms with Crippen LogP contribution in [0.25, 0.3) is 0 Å². The first kappa shape index (κ1) is 42.7. The van der Waals surface area contributed by atoms with E-state index in [4.69, 9.17) is 33.2 Å². The summed E-state index contributed by atoms with van der Waals surface area (Å²) < 4.78 is 37.4. The Balaban J connectivity index is 1.37. The highest BCUT2D eigenvalue weighted by Gasteiger charge is 2.35. The van der Waals surface area contributed by atoms with Gasteiger partial charge in [-0.3, -0.25) is 4.79 Å². The van der Waals surface area contributed by atoms with Gasteiger partial charge in [-0.15, -0.1) is 0 Å². The monoisotopic (exact) mass is 752 g/mol. The van der Waals surface area contributed by atoms with Crippen molar-refractivity contribution in [2.45, 2.75) is 50.0 Å². The molecule has 0 saturated carbocycles. The van der Waals surface area contributed by atoms with Crippen molar-refractivity contribution in [3.63, 3.8) is 0 Å². The van der Waals surface area contributed by atoms with Crippen LogP contribution in [0, 0.1) is 5.92 Å². The normalized spacial score (nSPS) is 16.6. The molecule has 5 atom stereocenters. The van der Waals surface area contributed by atoms with E-state index in [1.807, 2.05) is 78.9 Å². The van der Waals surface area contributed by atoms with Crippen molar-refractivity contribution in [2.24, 2.45) is 5.92 Å². The summed E-state index contributed by atoms with van der Waals surface area (Å²) in [5, 5.41) is 28.5. The first-order chi connectivity index (χ1) is 26.4. The molecule has 0 fully saturated rings. The number of aliphatic hydroxyl groups excluding tert-OH is 2. The Morgan fingerprint density at radius 3 is 2.00 bits per heavy atom. The second kappa shape index (κ2) is 24.4. The molecule has 4 N–H and O–H groups in total. The van der Waals surface area contributed by atoms with Crippen molar-refractivity contribution >= 4 is 12.0 Å². The molecular formula is C41H56N2O11. The summed E-state index contributed by atoms with van der Waals surface area (Å²) in [5.74, 6) is -0.341. The van der Waals surface area contributed by atoms with Gasteiger partial charge >= 0.3 is 6.09 Å². The number of fused-ring (bicyclic) bond motifs is 1. The summed E-state index contributed by atoms with van der Waals surface area (Å²) in [6, 6.07) is 23.2. The molecule has 296 valence electrons. The molecule has 0 aromatic heterocycles. The van der Waals surface area contributed by atoms with E-state index in [-0.39, 0.29) is 25.5 Å². The number of ether oxygens (including phenoxy) is 7. The van der Waals surface area contributed by atoms with Crippen LogP contribution in [0.4, 0.5) is 4.79 Å². The topological polar surface area (TPSA) is 163 Å². The highest BCUT2D eigenvalue weighted by molar-refractivity contribution is 5.80. The molecule has 2 amide bonds. The van der Waals surface area contributed by atoms with Crippen LogP contribution in [0.5, 0.6) is 5.75 Å². The van der Waals surface area contributed by atoms with E-state index in [0.29, 0.717) is 77.9 Å². The molecule has 54 heavy (non-hydrogen) atoms. The summed E-state index contributed by atoms with van der Waals surface area (Å²) in [5.41, 5.74) is 3.62. The number of rotatable bonds is 26. The molecule has 0 radical (unpaired) electrons. The van der Waals surface area contributed by atoms with Gasteiger partial charge in [0.1, 0.15) is 19.0 Å². The predicted octanol–water partition coefficient (Wildman–Crippen LogP) is 3.43. The zero-order chi connectivity index (χ0) is 38.4. The number of nitrogens with one attached hydrogen (secondary N) is 2. The quantitative estimate of drug-likeness (QED) is 0.0890. The molecule has 5 unspecified atom stereocenters. The first-order valence-corrected chi connectivity index (χ1v) is 18.5. The molecule has 13 nitrogen and oxygen atoms in total. The molecule has 0 heterocycles. The van der Waals surface area contributed by atoms with Gasteiger partial charge in [0.05, 0.1) is 77.1 Å². The highest BCUT2D eigenvalue weighted by Crippen LogP contribution is 2.32.